The van der Waals surface area contributed by atoms with Crippen LogP contribution in [-0.2, 0) is 10.0 Å². The first-order valence-corrected chi connectivity index (χ1v) is 6.86. The topological polar surface area (TPSA) is 128 Å². The van der Waals surface area contributed by atoms with E-state index in [1.165, 1.54) is 24.3 Å². The van der Waals surface area contributed by atoms with E-state index in [0.717, 1.165) is 12.3 Å². The van der Waals surface area contributed by atoms with E-state index < -0.39 is 14.9 Å². The van der Waals surface area contributed by atoms with Crippen molar-refractivity contribution in [2.45, 2.75) is 4.90 Å². The van der Waals surface area contributed by atoms with Crippen LogP contribution in [0.4, 0.5) is 17.2 Å². The SMILES string of the molecule is Nc1ccccc1S(=O)(=O)Nc1ccc([N+](=O)[O-])cn1. The molecule has 2 aromatic rings. The van der Waals surface area contributed by atoms with E-state index in [0.29, 0.717) is 0 Å². The molecule has 0 saturated heterocycles. The summed E-state index contributed by atoms with van der Waals surface area (Å²) >= 11 is 0. The number of nitrogens with two attached hydrogens (primary N) is 1. The second-order valence-electron chi connectivity index (χ2n) is 3.80. The number of pyridine rings is 1. The molecule has 1 heterocycles. The number of nitrogens with zero attached hydrogens (tertiary/aromatic N) is 2. The van der Waals surface area contributed by atoms with E-state index >= 15 is 0 Å². The highest BCUT2D eigenvalue weighted by atomic mass is 32.2. The third-order valence-corrected chi connectivity index (χ3v) is 3.83. The molecule has 0 aliphatic rings. The lowest BCUT2D eigenvalue weighted by atomic mass is 10.3. The number of sulfonamides is 1. The van der Waals surface area contributed by atoms with Gasteiger partial charge in [0, 0.05) is 6.07 Å². The van der Waals surface area contributed by atoms with E-state index in [1.807, 2.05) is 0 Å². The summed E-state index contributed by atoms with van der Waals surface area (Å²) in [5.74, 6) is -0.0288. The number of nitrogens with one attached hydrogen (secondary N) is 1. The molecule has 104 valence electrons. The van der Waals surface area contributed by atoms with Gasteiger partial charge < -0.3 is 5.73 Å². The van der Waals surface area contributed by atoms with Crippen LogP contribution in [0.25, 0.3) is 0 Å². The van der Waals surface area contributed by atoms with Gasteiger partial charge >= 0.3 is 0 Å². The van der Waals surface area contributed by atoms with Crippen LogP contribution in [0.2, 0.25) is 0 Å². The molecule has 2 rings (SSSR count). The van der Waals surface area contributed by atoms with E-state index in [-0.39, 0.29) is 22.1 Å². The summed E-state index contributed by atoms with van der Waals surface area (Å²) in [6.07, 6.45) is 0.964. The highest BCUT2D eigenvalue weighted by Gasteiger charge is 2.18. The molecule has 0 aliphatic heterocycles. The van der Waals surface area contributed by atoms with Gasteiger partial charge in [0.25, 0.3) is 15.7 Å². The van der Waals surface area contributed by atoms with Crippen molar-refractivity contribution in [3.63, 3.8) is 0 Å². The van der Waals surface area contributed by atoms with E-state index in [2.05, 4.69) is 9.71 Å². The van der Waals surface area contributed by atoms with Crippen LogP contribution in [-0.4, -0.2) is 18.3 Å². The van der Waals surface area contributed by atoms with Gasteiger partial charge in [-0.15, -0.1) is 0 Å². The van der Waals surface area contributed by atoms with Gasteiger partial charge in [-0.3, -0.25) is 14.8 Å². The Hall–Kier alpha value is -2.68. The molecule has 20 heavy (non-hydrogen) atoms. The summed E-state index contributed by atoms with van der Waals surface area (Å²) in [6.45, 7) is 0. The van der Waals surface area contributed by atoms with Crippen molar-refractivity contribution in [2.24, 2.45) is 0 Å². The lowest BCUT2D eigenvalue weighted by molar-refractivity contribution is -0.385. The molecule has 0 unspecified atom stereocenters. The molecule has 0 amide bonds. The van der Waals surface area contributed by atoms with E-state index in [4.69, 9.17) is 5.73 Å². The van der Waals surface area contributed by atoms with Crippen molar-refractivity contribution in [1.29, 1.82) is 0 Å². The molecule has 8 nitrogen and oxygen atoms in total. The van der Waals surface area contributed by atoms with Crippen LogP contribution >= 0.6 is 0 Å². The number of nitro groups is 1. The van der Waals surface area contributed by atoms with Crippen LogP contribution in [0.15, 0.2) is 47.5 Å². The summed E-state index contributed by atoms with van der Waals surface area (Å²) in [5.41, 5.74) is 5.46. The van der Waals surface area contributed by atoms with Gasteiger partial charge in [0.05, 0.1) is 10.6 Å². The largest absolute Gasteiger partial charge is 0.398 e. The number of aromatic nitrogens is 1. The Morgan fingerprint density at radius 1 is 1.20 bits per heavy atom. The fourth-order valence-corrected chi connectivity index (χ4v) is 2.61. The van der Waals surface area contributed by atoms with Gasteiger partial charge in [0.1, 0.15) is 16.9 Å². The summed E-state index contributed by atoms with van der Waals surface area (Å²) in [7, 11) is -3.88. The monoisotopic (exact) mass is 294 g/mol. The Morgan fingerprint density at radius 2 is 1.90 bits per heavy atom. The smallest absolute Gasteiger partial charge is 0.287 e. The Balaban J connectivity index is 2.29. The van der Waals surface area contributed by atoms with Crippen molar-refractivity contribution in [2.75, 3.05) is 10.5 Å². The van der Waals surface area contributed by atoms with Crippen LogP contribution in [0.3, 0.4) is 0 Å². The van der Waals surface area contributed by atoms with Crippen molar-refractivity contribution in [1.82, 2.24) is 4.98 Å². The number of hydrogen-bond donors (Lipinski definition) is 2. The molecule has 1 aromatic carbocycles. The number of benzene rings is 1. The average Bonchev–Trinajstić information content (AvgIpc) is 2.39. The minimum absolute atomic E-state index is 0.0288. The van der Waals surface area contributed by atoms with Crippen molar-refractivity contribution in [3.8, 4) is 0 Å². The molecule has 0 atom stereocenters. The van der Waals surface area contributed by atoms with Gasteiger partial charge in [0.2, 0.25) is 0 Å². The molecule has 0 spiro atoms. The van der Waals surface area contributed by atoms with Crippen LogP contribution in [0, 0.1) is 10.1 Å². The zero-order valence-electron chi connectivity index (χ0n) is 10.1. The van der Waals surface area contributed by atoms with Crippen LogP contribution in [0.1, 0.15) is 0 Å². The Kier molecular flexibility index (Phi) is 3.53. The van der Waals surface area contributed by atoms with Gasteiger partial charge in [-0.1, -0.05) is 12.1 Å². The first kappa shape index (κ1) is 13.7. The highest BCUT2D eigenvalue weighted by Crippen LogP contribution is 2.20. The van der Waals surface area contributed by atoms with E-state index in [1.54, 1.807) is 6.07 Å². The Labute approximate surface area is 114 Å². The molecule has 9 heteroatoms. The molecule has 0 bridgehead atoms. The minimum Gasteiger partial charge on any atom is -0.398 e. The third-order valence-electron chi connectivity index (χ3n) is 2.41. The van der Waals surface area contributed by atoms with Crippen molar-refractivity contribution < 1.29 is 13.3 Å². The number of para-hydroxylation sites is 1. The Bertz CT molecular complexity index is 743. The zero-order chi connectivity index (χ0) is 14.8. The standard InChI is InChI=1S/C11H10N4O4S/c12-9-3-1-2-4-10(9)20(18,19)14-11-6-5-8(7-13-11)15(16)17/h1-7H,12H2,(H,13,14). The molecule has 0 aliphatic carbocycles. The first-order chi connectivity index (χ1) is 9.40. The average molecular weight is 294 g/mol. The molecular formula is C11H10N4O4S. The lowest BCUT2D eigenvalue weighted by Gasteiger charge is -2.08. The normalized spacial score (nSPS) is 11.0. The van der Waals surface area contributed by atoms with Gasteiger partial charge in [-0.2, -0.15) is 0 Å². The molecule has 3 N–H and O–H groups in total. The van der Waals surface area contributed by atoms with Gasteiger partial charge in [0.15, 0.2) is 0 Å². The van der Waals surface area contributed by atoms with Crippen LogP contribution < -0.4 is 10.5 Å². The fraction of sp³-hybridized carbons (Fsp3) is 0. The molecular weight excluding hydrogens is 284 g/mol. The number of nitrogen functional groups attached to an aromatic ring is 1. The second-order valence-corrected chi connectivity index (χ2v) is 5.45. The predicted molar refractivity (Wildman–Crippen MR) is 72.6 cm³/mol. The van der Waals surface area contributed by atoms with Crippen molar-refractivity contribution >= 4 is 27.2 Å². The lowest BCUT2D eigenvalue weighted by Crippen LogP contribution is -2.15. The Morgan fingerprint density at radius 3 is 2.45 bits per heavy atom. The number of hydrogen-bond acceptors (Lipinski definition) is 6. The van der Waals surface area contributed by atoms with E-state index in [9.17, 15) is 18.5 Å². The molecule has 1 aromatic heterocycles. The van der Waals surface area contributed by atoms with Crippen molar-refractivity contribution in [3.05, 3.63) is 52.7 Å². The predicted octanol–water partition coefficient (Wildman–Crippen LogP) is 1.37. The molecule has 0 fully saturated rings. The maximum Gasteiger partial charge on any atom is 0.287 e. The zero-order valence-corrected chi connectivity index (χ0v) is 10.9. The summed E-state index contributed by atoms with van der Waals surface area (Å²) in [5, 5.41) is 10.5. The minimum atomic E-state index is -3.88. The van der Waals surface area contributed by atoms with Gasteiger partial charge in [-0.05, 0) is 18.2 Å². The quantitative estimate of drug-likeness (QED) is 0.498. The highest BCUT2D eigenvalue weighted by molar-refractivity contribution is 7.92. The summed E-state index contributed by atoms with van der Waals surface area (Å²) < 4.78 is 26.4. The second kappa shape index (κ2) is 5.13. The maximum absolute atomic E-state index is 12.1. The van der Waals surface area contributed by atoms with Gasteiger partial charge in [-0.25, -0.2) is 13.4 Å². The fourth-order valence-electron chi connectivity index (χ4n) is 1.47. The molecule has 0 saturated carbocycles. The summed E-state index contributed by atoms with van der Waals surface area (Å²) in [6, 6.07) is 8.31. The molecule has 0 radical (unpaired) electrons. The maximum atomic E-state index is 12.1. The third kappa shape index (κ3) is 2.83. The van der Waals surface area contributed by atoms with Crippen LogP contribution in [0.5, 0.6) is 0 Å². The first-order valence-electron chi connectivity index (χ1n) is 5.38. The number of anilines is 2. The number of rotatable bonds is 4. The summed E-state index contributed by atoms with van der Waals surface area (Å²) in [4.78, 5) is 13.4.